The van der Waals surface area contributed by atoms with Crippen LogP contribution in [0.15, 0.2) is 60.7 Å². The normalized spacial score (nSPS) is 17.8. The van der Waals surface area contributed by atoms with Gasteiger partial charge in [0.2, 0.25) is 5.91 Å². The van der Waals surface area contributed by atoms with Crippen molar-refractivity contribution in [3.8, 4) is 16.9 Å². The largest absolute Gasteiger partial charge is 0.481 e. The Bertz CT molecular complexity index is 1070. The Balaban J connectivity index is 1.94. The Morgan fingerprint density at radius 1 is 1.07 bits per heavy atom. The van der Waals surface area contributed by atoms with Crippen LogP contribution in [0.1, 0.15) is 21.5 Å². The van der Waals surface area contributed by atoms with Crippen LogP contribution in [-0.4, -0.2) is 12.5 Å². The van der Waals surface area contributed by atoms with E-state index in [-0.39, 0.29) is 17.7 Å². The Hall–Kier alpha value is -2.89. The van der Waals surface area contributed by atoms with Crippen molar-refractivity contribution in [2.24, 2.45) is 11.5 Å². The summed E-state index contributed by atoms with van der Waals surface area (Å²) in [5, 5.41) is 0.316. The second kappa shape index (κ2) is 6.93. The summed E-state index contributed by atoms with van der Waals surface area (Å²) >= 11 is 6.47. The van der Waals surface area contributed by atoms with Gasteiger partial charge < -0.3 is 16.2 Å². The fourth-order valence-corrected chi connectivity index (χ4v) is 4.06. The third-order valence-electron chi connectivity index (χ3n) is 5.15. The number of hydrogen-bond acceptors (Lipinski definition) is 3. The first-order valence-electron chi connectivity index (χ1n) is 8.81. The molecule has 3 aromatic carbocycles. The summed E-state index contributed by atoms with van der Waals surface area (Å²) in [6, 6.07) is 17.2. The summed E-state index contributed by atoms with van der Waals surface area (Å²) in [6.07, 6.45) is 0.394. The van der Waals surface area contributed by atoms with Crippen LogP contribution in [-0.2, 0) is 12.0 Å². The van der Waals surface area contributed by atoms with Gasteiger partial charge in [0.05, 0.1) is 0 Å². The first-order valence-corrected chi connectivity index (χ1v) is 9.19. The minimum absolute atomic E-state index is 0.0697. The van der Waals surface area contributed by atoms with Crippen molar-refractivity contribution in [2.75, 3.05) is 6.54 Å². The molecule has 0 spiro atoms. The maximum atomic E-state index is 14.8. The highest BCUT2D eigenvalue weighted by atomic mass is 35.5. The number of benzene rings is 3. The molecule has 1 aliphatic rings. The number of fused-ring (bicyclic) bond motifs is 1. The smallest absolute Gasteiger partial charge is 0.249 e. The second-order valence-corrected chi connectivity index (χ2v) is 7.18. The van der Waals surface area contributed by atoms with Crippen LogP contribution in [0.2, 0.25) is 5.02 Å². The van der Waals surface area contributed by atoms with Gasteiger partial charge in [0.15, 0.2) is 5.60 Å². The van der Waals surface area contributed by atoms with E-state index in [1.165, 1.54) is 18.2 Å². The Kier molecular flexibility index (Phi) is 4.57. The zero-order valence-corrected chi connectivity index (χ0v) is 15.7. The van der Waals surface area contributed by atoms with E-state index in [0.29, 0.717) is 28.3 Å². The molecule has 1 amide bonds. The molecule has 6 heteroatoms. The number of amides is 1. The molecule has 1 unspecified atom stereocenters. The van der Waals surface area contributed by atoms with Crippen LogP contribution in [0.3, 0.4) is 0 Å². The van der Waals surface area contributed by atoms with Crippen LogP contribution < -0.4 is 16.2 Å². The number of primary amides is 1. The van der Waals surface area contributed by atoms with Crippen molar-refractivity contribution in [1.82, 2.24) is 0 Å². The molecule has 4 nitrogen and oxygen atoms in total. The number of rotatable bonds is 4. The monoisotopic (exact) mass is 396 g/mol. The molecule has 4 N–H and O–H groups in total. The summed E-state index contributed by atoms with van der Waals surface area (Å²) < 4.78 is 21.1. The number of carbonyl (C=O) groups is 1. The van der Waals surface area contributed by atoms with E-state index in [1.54, 1.807) is 12.1 Å². The van der Waals surface area contributed by atoms with E-state index >= 15 is 0 Å². The van der Waals surface area contributed by atoms with Gasteiger partial charge in [-0.15, -0.1) is 0 Å². The third kappa shape index (κ3) is 2.84. The molecule has 142 valence electrons. The second-order valence-electron chi connectivity index (χ2n) is 6.77. The van der Waals surface area contributed by atoms with Crippen molar-refractivity contribution in [3.05, 3.63) is 88.2 Å². The maximum Gasteiger partial charge on any atom is 0.249 e. The van der Waals surface area contributed by atoms with Crippen molar-refractivity contribution in [1.29, 1.82) is 0 Å². The fraction of sp³-hybridized carbons (Fsp3) is 0.136. The van der Waals surface area contributed by atoms with Gasteiger partial charge in [-0.25, -0.2) is 4.39 Å². The first-order chi connectivity index (χ1) is 13.5. The third-order valence-corrected chi connectivity index (χ3v) is 5.46. The van der Waals surface area contributed by atoms with Crippen LogP contribution in [0.5, 0.6) is 5.75 Å². The fourth-order valence-electron chi connectivity index (χ4n) is 3.79. The molecule has 0 saturated heterocycles. The lowest BCUT2D eigenvalue weighted by atomic mass is 9.85. The average Bonchev–Trinajstić information content (AvgIpc) is 3.09. The summed E-state index contributed by atoms with van der Waals surface area (Å²) in [5.74, 6) is -0.737. The number of carbonyl (C=O) groups excluding carboxylic acids is 1. The molecule has 3 aromatic rings. The van der Waals surface area contributed by atoms with Crippen LogP contribution in [0.25, 0.3) is 11.1 Å². The molecule has 0 fully saturated rings. The summed E-state index contributed by atoms with van der Waals surface area (Å²) in [6.45, 7) is 0.225. The lowest BCUT2D eigenvalue weighted by molar-refractivity contribution is 0.1000. The highest BCUT2D eigenvalue weighted by Crippen LogP contribution is 2.48. The predicted molar refractivity (Wildman–Crippen MR) is 107 cm³/mol. The molecular formula is C22H18ClFN2O2. The van der Waals surface area contributed by atoms with Gasteiger partial charge in [-0.3, -0.25) is 4.79 Å². The quantitative estimate of drug-likeness (QED) is 0.698. The van der Waals surface area contributed by atoms with Gasteiger partial charge in [0, 0.05) is 40.2 Å². The number of nitrogens with two attached hydrogens (primary N) is 2. The van der Waals surface area contributed by atoms with Crippen molar-refractivity contribution < 1.29 is 13.9 Å². The molecule has 0 saturated carbocycles. The lowest BCUT2D eigenvalue weighted by Gasteiger charge is -2.27. The average molecular weight is 397 g/mol. The Labute approximate surface area is 166 Å². The molecule has 28 heavy (non-hydrogen) atoms. The van der Waals surface area contributed by atoms with Gasteiger partial charge >= 0.3 is 0 Å². The van der Waals surface area contributed by atoms with E-state index < -0.39 is 17.3 Å². The predicted octanol–water partition coefficient (Wildman–Crippen LogP) is 4.03. The van der Waals surface area contributed by atoms with Crippen LogP contribution in [0, 0.1) is 5.82 Å². The van der Waals surface area contributed by atoms with Crippen molar-refractivity contribution >= 4 is 17.5 Å². The number of halogens is 2. The summed E-state index contributed by atoms with van der Waals surface area (Å²) in [7, 11) is 0. The van der Waals surface area contributed by atoms with E-state index in [1.807, 2.05) is 30.3 Å². The van der Waals surface area contributed by atoms with Gasteiger partial charge in [-0.2, -0.15) is 0 Å². The molecule has 1 atom stereocenters. The van der Waals surface area contributed by atoms with Gasteiger partial charge in [0.25, 0.3) is 0 Å². The molecule has 1 heterocycles. The highest BCUT2D eigenvalue weighted by molar-refractivity contribution is 6.34. The number of hydrogen-bond donors (Lipinski definition) is 2. The summed E-state index contributed by atoms with van der Waals surface area (Å²) in [4.78, 5) is 11.9. The Morgan fingerprint density at radius 2 is 1.82 bits per heavy atom. The minimum Gasteiger partial charge on any atom is -0.481 e. The molecule has 0 radical (unpaired) electrons. The van der Waals surface area contributed by atoms with Gasteiger partial charge in [-0.1, -0.05) is 48.0 Å². The Morgan fingerprint density at radius 3 is 2.50 bits per heavy atom. The van der Waals surface area contributed by atoms with Crippen LogP contribution in [0.4, 0.5) is 4.39 Å². The zero-order chi connectivity index (χ0) is 19.9. The molecule has 0 bridgehead atoms. The van der Waals surface area contributed by atoms with Gasteiger partial charge in [-0.05, 0) is 29.8 Å². The standard InChI is InChI=1S/C22H18ClFN2O2/c23-16-9-10-18-15(11-22(12-25,28-18)13-5-2-1-3-6-13)19(16)20-14(21(26)27)7-4-8-17(20)24/h1-10H,11-12,25H2,(H2,26,27). The molecule has 4 rings (SSSR count). The SMILES string of the molecule is NCC1(c2ccccc2)Cc2c(ccc(Cl)c2-c2c(F)cccc2C(N)=O)O1. The zero-order valence-electron chi connectivity index (χ0n) is 14.9. The molecule has 1 aliphatic heterocycles. The highest BCUT2D eigenvalue weighted by Gasteiger charge is 2.42. The maximum absolute atomic E-state index is 14.8. The van der Waals surface area contributed by atoms with Gasteiger partial charge in [0.1, 0.15) is 11.6 Å². The number of ether oxygens (including phenoxy) is 1. The summed E-state index contributed by atoms with van der Waals surface area (Å²) in [5.41, 5.74) is 13.0. The molecular weight excluding hydrogens is 379 g/mol. The van der Waals surface area contributed by atoms with E-state index in [0.717, 1.165) is 5.56 Å². The topological polar surface area (TPSA) is 78.3 Å². The lowest BCUT2D eigenvalue weighted by Crippen LogP contribution is -2.39. The first kappa shape index (κ1) is 18.5. The molecule has 0 aromatic heterocycles. The van der Waals surface area contributed by atoms with Crippen molar-refractivity contribution in [2.45, 2.75) is 12.0 Å². The van der Waals surface area contributed by atoms with E-state index in [9.17, 15) is 9.18 Å². The molecule has 0 aliphatic carbocycles. The van der Waals surface area contributed by atoms with Crippen molar-refractivity contribution in [3.63, 3.8) is 0 Å². The van der Waals surface area contributed by atoms with E-state index in [4.69, 9.17) is 27.8 Å². The minimum atomic E-state index is -0.791. The van der Waals surface area contributed by atoms with Crippen LogP contribution >= 0.6 is 11.6 Å². The van der Waals surface area contributed by atoms with E-state index in [2.05, 4.69) is 0 Å².